The van der Waals surface area contributed by atoms with Gasteiger partial charge in [-0.1, -0.05) is 50.3 Å². The van der Waals surface area contributed by atoms with Crippen LogP contribution in [0.3, 0.4) is 0 Å². The van der Waals surface area contributed by atoms with Gasteiger partial charge < -0.3 is 0 Å². The van der Waals surface area contributed by atoms with E-state index in [9.17, 15) is 4.79 Å². The summed E-state index contributed by atoms with van der Waals surface area (Å²) in [6.45, 7) is 8.13. The molecule has 1 fully saturated rings. The van der Waals surface area contributed by atoms with Gasteiger partial charge in [0.2, 0.25) is 5.95 Å². The van der Waals surface area contributed by atoms with Gasteiger partial charge in [0.1, 0.15) is 5.78 Å². The topological polar surface area (TPSA) is 58.1 Å². The van der Waals surface area contributed by atoms with Gasteiger partial charge in [-0.3, -0.25) is 10.2 Å². The number of hydrazine groups is 1. The van der Waals surface area contributed by atoms with Crippen LogP contribution in [0.25, 0.3) is 0 Å². The van der Waals surface area contributed by atoms with Crippen molar-refractivity contribution in [2.24, 2.45) is 11.3 Å². The van der Waals surface area contributed by atoms with E-state index in [0.717, 1.165) is 22.6 Å². The van der Waals surface area contributed by atoms with E-state index in [-0.39, 0.29) is 23.2 Å². The van der Waals surface area contributed by atoms with Crippen LogP contribution in [0.15, 0.2) is 48.2 Å². The number of allylic oxidation sites excluding steroid dienone is 1. The number of nitrogens with one attached hydrogen (secondary N) is 1. The number of ketones is 1. The monoisotopic (exact) mass is 348 g/mol. The van der Waals surface area contributed by atoms with Crippen molar-refractivity contribution in [1.29, 1.82) is 0 Å². The molecule has 2 atom stereocenters. The molecular formula is C21H24N4O. The van der Waals surface area contributed by atoms with Gasteiger partial charge >= 0.3 is 0 Å². The lowest BCUT2D eigenvalue weighted by molar-refractivity contribution is -0.124. The van der Waals surface area contributed by atoms with Crippen LogP contribution in [0.5, 0.6) is 0 Å². The summed E-state index contributed by atoms with van der Waals surface area (Å²) in [5.74, 6) is 0.660. The first-order valence-corrected chi connectivity index (χ1v) is 9.03. The van der Waals surface area contributed by atoms with Crippen LogP contribution in [-0.4, -0.2) is 15.8 Å². The Morgan fingerprint density at radius 3 is 2.42 bits per heavy atom. The molecule has 1 saturated heterocycles. The van der Waals surface area contributed by atoms with E-state index < -0.39 is 0 Å². The number of Topliss-reactive ketones (excluding diaryl/α,β-unsaturated/α-hetero) is 1. The van der Waals surface area contributed by atoms with Gasteiger partial charge in [0.05, 0.1) is 12.0 Å². The van der Waals surface area contributed by atoms with Gasteiger partial charge in [-0.2, -0.15) is 0 Å². The van der Waals surface area contributed by atoms with E-state index in [2.05, 4.69) is 47.4 Å². The number of aromatic nitrogens is 2. The van der Waals surface area contributed by atoms with E-state index in [1.165, 1.54) is 0 Å². The highest BCUT2D eigenvalue weighted by molar-refractivity contribution is 5.88. The lowest BCUT2D eigenvalue weighted by Gasteiger charge is -2.30. The molecular weight excluding hydrogens is 324 g/mol. The molecule has 0 unspecified atom stereocenters. The van der Waals surface area contributed by atoms with Crippen LogP contribution < -0.4 is 10.4 Å². The van der Waals surface area contributed by atoms with Crippen molar-refractivity contribution in [3.63, 3.8) is 0 Å². The minimum atomic E-state index is -0.213. The molecule has 5 nitrogen and oxygen atoms in total. The average Bonchev–Trinajstić information content (AvgIpc) is 2.93. The van der Waals surface area contributed by atoms with Gasteiger partial charge in [-0.25, -0.2) is 15.0 Å². The standard InChI is InChI=1S/C21H24N4O/c1-13-10-14(2)23-20(22-13)25-19(15-8-6-5-7-9-15)18-16(24-25)11-21(3,4)12-17(18)26/h5-11,18-19,24H,12H2,1-4H3/t18-,19-/m1/s1. The van der Waals surface area contributed by atoms with Crippen LogP contribution in [0.1, 0.15) is 43.3 Å². The predicted molar refractivity (Wildman–Crippen MR) is 101 cm³/mol. The Kier molecular flexibility index (Phi) is 3.83. The smallest absolute Gasteiger partial charge is 0.245 e. The molecule has 1 aromatic heterocycles. The summed E-state index contributed by atoms with van der Waals surface area (Å²) < 4.78 is 0. The molecule has 134 valence electrons. The zero-order chi connectivity index (χ0) is 18.5. The van der Waals surface area contributed by atoms with E-state index in [1.54, 1.807) is 0 Å². The van der Waals surface area contributed by atoms with Gasteiger partial charge in [-0.15, -0.1) is 0 Å². The lowest BCUT2D eigenvalue weighted by Crippen LogP contribution is -2.35. The molecule has 0 saturated carbocycles. The second kappa shape index (κ2) is 5.94. The van der Waals surface area contributed by atoms with Crippen molar-refractivity contribution < 1.29 is 4.79 Å². The number of fused-ring (bicyclic) bond motifs is 1. The fraction of sp³-hybridized carbons (Fsp3) is 0.381. The molecule has 4 rings (SSSR count). The Hall–Kier alpha value is -2.69. The second-order valence-electron chi connectivity index (χ2n) is 8.00. The van der Waals surface area contributed by atoms with Crippen molar-refractivity contribution in [2.45, 2.75) is 40.2 Å². The van der Waals surface area contributed by atoms with Crippen LogP contribution in [0.4, 0.5) is 5.95 Å². The normalized spacial score (nSPS) is 24.1. The molecule has 1 aliphatic heterocycles. The van der Waals surface area contributed by atoms with E-state index >= 15 is 0 Å². The maximum atomic E-state index is 13.0. The summed E-state index contributed by atoms with van der Waals surface area (Å²) in [6.07, 6.45) is 2.74. The van der Waals surface area contributed by atoms with E-state index in [4.69, 9.17) is 0 Å². The van der Waals surface area contributed by atoms with Crippen LogP contribution in [0, 0.1) is 25.2 Å². The summed E-state index contributed by atoms with van der Waals surface area (Å²) >= 11 is 0. The molecule has 2 aromatic rings. The molecule has 1 aromatic carbocycles. The number of anilines is 1. The van der Waals surface area contributed by atoms with Gasteiger partial charge in [0, 0.05) is 23.5 Å². The summed E-state index contributed by atoms with van der Waals surface area (Å²) in [4.78, 5) is 22.3. The molecule has 1 aliphatic carbocycles. The zero-order valence-corrected chi connectivity index (χ0v) is 15.7. The van der Waals surface area contributed by atoms with Crippen LogP contribution >= 0.6 is 0 Å². The second-order valence-corrected chi connectivity index (χ2v) is 8.00. The minimum absolute atomic E-state index is 0.142. The zero-order valence-electron chi connectivity index (χ0n) is 15.7. The highest BCUT2D eigenvalue weighted by Crippen LogP contribution is 2.46. The molecule has 0 spiro atoms. The number of carbonyl (C=O) groups excluding carboxylic acids is 1. The third-order valence-corrected chi connectivity index (χ3v) is 5.03. The molecule has 26 heavy (non-hydrogen) atoms. The quantitative estimate of drug-likeness (QED) is 0.897. The summed E-state index contributed by atoms with van der Waals surface area (Å²) in [6, 6.07) is 12.0. The molecule has 0 radical (unpaired) electrons. The first kappa shape index (κ1) is 16.8. The van der Waals surface area contributed by atoms with Gasteiger partial charge in [0.25, 0.3) is 0 Å². The van der Waals surface area contributed by atoms with Gasteiger partial charge in [-0.05, 0) is 30.9 Å². The fourth-order valence-corrected chi connectivity index (χ4v) is 4.08. The Morgan fingerprint density at radius 2 is 1.77 bits per heavy atom. The molecule has 1 N–H and O–H groups in total. The average molecular weight is 348 g/mol. The summed E-state index contributed by atoms with van der Waals surface area (Å²) in [5.41, 5.74) is 7.18. The SMILES string of the molecule is Cc1cc(C)nc(N2NC3=CC(C)(C)CC(=O)[C@@H]3[C@H]2c2ccccc2)n1. The number of carbonyl (C=O) groups is 1. The van der Waals surface area contributed by atoms with Crippen molar-refractivity contribution >= 4 is 11.7 Å². The molecule has 0 amide bonds. The number of hydrogen-bond acceptors (Lipinski definition) is 5. The number of nitrogens with zero attached hydrogens (tertiary/aromatic N) is 3. The summed E-state index contributed by atoms with van der Waals surface area (Å²) in [7, 11) is 0. The van der Waals surface area contributed by atoms with Crippen molar-refractivity contribution in [3.05, 3.63) is 65.1 Å². The Balaban J connectivity index is 1.86. The number of rotatable bonds is 2. The summed E-state index contributed by atoms with van der Waals surface area (Å²) in [5, 5.41) is 1.96. The Morgan fingerprint density at radius 1 is 1.12 bits per heavy atom. The Labute approximate surface area is 154 Å². The third-order valence-electron chi connectivity index (χ3n) is 5.03. The number of aryl methyl sites for hydroxylation is 2. The largest absolute Gasteiger partial charge is 0.299 e. The Bertz CT molecular complexity index is 868. The van der Waals surface area contributed by atoms with Crippen molar-refractivity contribution in [1.82, 2.24) is 15.4 Å². The fourth-order valence-electron chi connectivity index (χ4n) is 4.08. The maximum Gasteiger partial charge on any atom is 0.245 e. The first-order chi connectivity index (χ1) is 12.3. The lowest BCUT2D eigenvalue weighted by atomic mass is 9.73. The highest BCUT2D eigenvalue weighted by Gasteiger charge is 2.48. The minimum Gasteiger partial charge on any atom is -0.299 e. The predicted octanol–water partition coefficient (Wildman–Crippen LogP) is 3.66. The van der Waals surface area contributed by atoms with Crippen LogP contribution in [0.2, 0.25) is 0 Å². The number of benzene rings is 1. The maximum absolute atomic E-state index is 13.0. The van der Waals surface area contributed by atoms with Crippen molar-refractivity contribution in [3.8, 4) is 0 Å². The van der Waals surface area contributed by atoms with E-state index in [0.29, 0.717) is 12.4 Å². The van der Waals surface area contributed by atoms with E-state index in [1.807, 2.05) is 43.1 Å². The first-order valence-electron chi connectivity index (χ1n) is 9.03. The highest BCUT2D eigenvalue weighted by atomic mass is 16.1. The molecule has 5 heteroatoms. The van der Waals surface area contributed by atoms with Crippen molar-refractivity contribution in [2.75, 3.05) is 5.01 Å². The molecule has 2 heterocycles. The van der Waals surface area contributed by atoms with Gasteiger partial charge in [0.15, 0.2) is 0 Å². The molecule has 0 bridgehead atoms. The molecule has 2 aliphatic rings. The van der Waals surface area contributed by atoms with Crippen LogP contribution in [-0.2, 0) is 4.79 Å². The third kappa shape index (κ3) is 2.87. The number of hydrogen-bond donors (Lipinski definition) is 1.